The van der Waals surface area contributed by atoms with Gasteiger partial charge in [0.1, 0.15) is 0 Å². The van der Waals surface area contributed by atoms with Crippen molar-refractivity contribution >= 4 is 11.7 Å². The first-order valence-electron chi connectivity index (χ1n) is 6.01. The van der Waals surface area contributed by atoms with Crippen LogP contribution in [-0.2, 0) is 4.79 Å². The Kier molecular flexibility index (Phi) is 3.69. The number of hydrogen-bond acceptors (Lipinski definition) is 3. The number of carbonyl (C=O) groups is 1. The highest BCUT2D eigenvalue weighted by molar-refractivity contribution is 5.93. The number of amidine groups is 1. The third-order valence-electron chi connectivity index (χ3n) is 3.76. The predicted molar refractivity (Wildman–Crippen MR) is 66.8 cm³/mol. The maximum atomic E-state index is 12.2. The molecular weight excluding hydrogens is 218 g/mol. The third-order valence-corrected chi connectivity index (χ3v) is 3.76. The second-order valence-corrected chi connectivity index (χ2v) is 6.03. The lowest BCUT2D eigenvalue weighted by molar-refractivity contribution is -0.128. The standard InChI is InChI=1S/C12H23N3O2/c1-11(2)7-5-6-8(11)9(16)14-12(3,4)10(13)15-17/h8,17H,5-7H2,1-4H3,(H2,13,15)(H,14,16). The molecule has 5 nitrogen and oxygen atoms in total. The molecule has 1 atom stereocenters. The van der Waals surface area contributed by atoms with Crippen LogP contribution in [0.15, 0.2) is 5.16 Å². The molecule has 1 fully saturated rings. The van der Waals surface area contributed by atoms with Crippen molar-refractivity contribution in [2.45, 2.75) is 52.5 Å². The third kappa shape index (κ3) is 2.90. The lowest BCUT2D eigenvalue weighted by atomic mass is 9.81. The first-order valence-corrected chi connectivity index (χ1v) is 6.01. The van der Waals surface area contributed by atoms with Crippen molar-refractivity contribution in [3.05, 3.63) is 0 Å². The van der Waals surface area contributed by atoms with Gasteiger partial charge in [-0.15, -0.1) is 0 Å². The minimum atomic E-state index is -0.815. The van der Waals surface area contributed by atoms with Crippen LogP contribution in [-0.4, -0.2) is 22.5 Å². The second-order valence-electron chi connectivity index (χ2n) is 6.03. The van der Waals surface area contributed by atoms with Gasteiger partial charge in [0.05, 0.1) is 5.54 Å². The number of oxime groups is 1. The van der Waals surface area contributed by atoms with E-state index >= 15 is 0 Å². The van der Waals surface area contributed by atoms with Crippen molar-refractivity contribution < 1.29 is 10.0 Å². The van der Waals surface area contributed by atoms with E-state index in [1.165, 1.54) is 0 Å². The molecule has 1 saturated carbocycles. The summed E-state index contributed by atoms with van der Waals surface area (Å²) >= 11 is 0. The smallest absolute Gasteiger partial charge is 0.224 e. The van der Waals surface area contributed by atoms with Gasteiger partial charge in [0, 0.05) is 5.92 Å². The van der Waals surface area contributed by atoms with Crippen LogP contribution in [0, 0.1) is 11.3 Å². The summed E-state index contributed by atoms with van der Waals surface area (Å²) in [5.41, 5.74) is 4.77. The van der Waals surface area contributed by atoms with Crippen molar-refractivity contribution in [2.24, 2.45) is 22.2 Å². The molecule has 1 aliphatic rings. The van der Waals surface area contributed by atoms with Gasteiger partial charge < -0.3 is 16.3 Å². The van der Waals surface area contributed by atoms with E-state index in [0.29, 0.717) is 0 Å². The van der Waals surface area contributed by atoms with Crippen molar-refractivity contribution in [3.63, 3.8) is 0 Å². The lowest BCUT2D eigenvalue weighted by Crippen LogP contribution is -2.55. The van der Waals surface area contributed by atoms with Crippen LogP contribution in [0.1, 0.15) is 47.0 Å². The summed E-state index contributed by atoms with van der Waals surface area (Å²) in [6, 6.07) is 0. The van der Waals surface area contributed by atoms with E-state index in [9.17, 15) is 4.79 Å². The van der Waals surface area contributed by atoms with Gasteiger partial charge in [-0.1, -0.05) is 25.4 Å². The number of nitrogens with zero attached hydrogens (tertiary/aromatic N) is 1. The van der Waals surface area contributed by atoms with Crippen molar-refractivity contribution in [3.8, 4) is 0 Å². The molecule has 1 amide bonds. The predicted octanol–water partition coefficient (Wildman–Crippen LogP) is 1.45. The zero-order valence-corrected chi connectivity index (χ0v) is 11.1. The quantitative estimate of drug-likeness (QED) is 0.302. The van der Waals surface area contributed by atoms with Crippen molar-refractivity contribution in [1.82, 2.24) is 5.32 Å². The number of hydrogen-bond donors (Lipinski definition) is 3. The van der Waals surface area contributed by atoms with Crippen LogP contribution >= 0.6 is 0 Å². The largest absolute Gasteiger partial charge is 0.409 e. The molecule has 5 heteroatoms. The van der Waals surface area contributed by atoms with E-state index in [1.54, 1.807) is 13.8 Å². The Balaban J connectivity index is 2.73. The van der Waals surface area contributed by atoms with Gasteiger partial charge >= 0.3 is 0 Å². The molecule has 1 aliphatic carbocycles. The summed E-state index contributed by atoms with van der Waals surface area (Å²) in [4.78, 5) is 12.2. The molecule has 0 heterocycles. The van der Waals surface area contributed by atoms with E-state index in [4.69, 9.17) is 10.9 Å². The molecule has 0 radical (unpaired) electrons. The van der Waals surface area contributed by atoms with Gasteiger partial charge in [-0.2, -0.15) is 0 Å². The SMILES string of the molecule is CC(C)(NC(=O)C1CCCC1(C)C)C(N)=NO. The molecule has 4 N–H and O–H groups in total. The average molecular weight is 241 g/mol. The van der Waals surface area contributed by atoms with E-state index in [2.05, 4.69) is 24.3 Å². The Bertz CT molecular complexity index is 335. The van der Waals surface area contributed by atoms with Gasteiger partial charge in [-0.25, -0.2) is 0 Å². The summed E-state index contributed by atoms with van der Waals surface area (Å²) in [6.45, 7) is 7.67. The number of amides is 1. The molecule has 17 heavy (non-hydrogen) atoms. The normalized spacial score (nSPS) is 24.7. The van der Waals surface area contributed by atoms with Gasteiger partial charge in [0.15, 0.2) is 5.84 Å². The minimum absolute atomic E-state index is 0.00766. The fourth-order valence-electron chi connectivity index (χ4n) is 2.40. The zero-order valence-electron chi connectivity index (χ0n) is 11.1. The number of nitrogens with one attached hydrogen (secondary N) is 1. The van der Waals surface area contributed by atoms with Crippen LogP contribution in [0.2, 0.25) is 0 Å². The molecular formula is C12H23N3O2. The van der Waals surface area contributed by atoms with Crippen LogP contribution in [0.4, 0.5) is 0 Å². The summed E-state index contributed by atoms with van der Waals surface area (Å²) in [6.07, 6.45) is 3.05. The van der Waals surface area contributed by atoms with Crippen LogP contribution in [0.3, 0.4) is 0 Å². The molecule has 0 aromatic rings. The maximum absolute atomic E-state index is 12.2. The Morgan fingerprint density at radius 3 is 2.53 bits per heavy atom. The molecule has 0 saturated heterocycles. The molecule has 98 valence electrons. The van der Waals surface area contributed by atoms with Crippen LogP contribution in [0.25, 0.3) is 0 Å². The highest BCUT2D eigenvalue weighted by Gasteiger charge is 2.41. The van der Waals surface area contributed by atoms with Gasteiger partial charge in [0.25, 0.3) is 0 Å². The summed E-state index contributed by atoms with van der Waals surface area (Å²) < 4.78 is 0. The number of carbonyl (C=O) groups excluding carboxylic acids is 1. The summed E-state index contributed by atoms with van der Waals surface area (Å²) in [7, 11) is 0. The van der Waals surface area contributed by atoms with Crippen LogP contribution in [0.5, 0.6) is 0 Å². The fourth-order valence-corrected chi connectivity index (χ4v) is 2.40. The number of rotatable bonds is 3. The monoisotopic (exact) mass is 241 g/mol. The summed E-state index contributed by atoms with van der Waals surface area (Å²) in [5.74, 6) is 0.0130. The molecule has 0 bridgehead atoms. The zero-order chi connectivity index (χ0) is 13.3. The fraction of sp³-hybridized carbons (Fsp3) is 0.833. The topological polar surface area (TPSA) is 87.7 Å². The maximum Gasteiger partial charge on any atom is 0.224 e. The highest BCUT2D eigenvalue weighted by atomic mass is 16.4. The molecule has 0 aromatic carbocycles. The first kappa shape index (κ1) is 13.8. The van der Waals surface area contributed by atoms with Crippen molar-refractivity contribution in [1.29, 1.82) is 0 Å². The first-order chi connectivity index (χ1) is 7.70. The average Bonchev–Trinajstić information content (AvgIpc) is 2.56. The van der Waals surface area contributed by atoms with Gasteiger partial charge in [0.2, 0.25) is 5.91 Å². The van der Waals surface area contributed by atoms with Gasteiger partial charge in [-0.3, -0.25) is 4.79 Å². The molecule has 1 rings (SSSR count). The Hall–Kier alpha value is -1.26. The van der Waals surface area contributed by atoms with E-state index < -0.39 is 5.54 Å². The van der Waals surface area contributed by atoms with E-state index in [0.717, 1.165) is 19.3 Å². The molecule has 0 spiro atoms. The summed E-state index contributed by atoms with van der Waals surface area (Å²) in [5, 5.41) is 14.5. The van der Waals surface area contributed by atoms with E-state index in [1.807, 2.05) is 0 Å². The Morgan fingerprint density at radius 2 is 2.12 bits per heavy atom. The van der Waals surface area contributed by atoms with E-state index in [-0.39, 0.29) is 23.1 Å². The highest BCUT2D eigenvalue weighted by Crippen LogP contribution is 2.42. The van der Waals surface area contributed by atoms with Crippen molar-refractivity contribution in [2.75, 3.05) is 0 Å². The second kappa shape index (κ2) is 4.55. The molecule has 1 unspecified atom stereocenters. The van der Waals surface area contributed by atoms with Gasteiger partial charge in [-0.05, 0) is 32.1 Å². The lowest BCUT2D eigenvalue weighted by Gasteiger charge is -2.31. The minimum Gasteiger partial charge on any atom is -0.409 e. The molecule has 0 aromatic heterocycles. The Labute approximate surface area is 102 Å². The number of nitrogens with two attached hydrogens (primary N) is 1. The Morgan fingerprint density at radius 1 is 1.53 bits per heavy atom. The van der Waals surface area contributed by atoms with Crippen LogP contribution < -0.4 is 11.1 Å². The molecule has 0 aliphatic heterocycles.